The van der Waals surface area contributed by atoms with Gasteiger partial charge in [0.1, 0.15) is 5.75 Å². The smallest absolute Gasteiger partial charge is 0.488 e. The van der Waals surface area contributed by atoms with E-state index in [4.69, 9.17) is 4.74 Å². The van der Waals surface area contributed by atoms with E-state index >= 15 is 0 Å². The van der Waals surface area contributed by atoms with Gasteiger partial charge in [0.15, 0.2) is 0 Å². The van der Waals surface area contributed by atoms with Crippen LogP contribution in [0, 0.1) is 5.92 Å². The van der Waals surface area contributed by atoms with E-state index in [1.165, 1.54) is 29.4 Å². The molecule has 128 valence electrons. The molecule has 25 heavy (non-hydrogen) atoms. The first-order chi connectivity index (χ1) is 12.1. The highest BCUT2D eigenvalue weighted by molar-refractivity contribution is 6.58. The zero-order valence-corrected chi connectivity index (χ0v) is 14.4. The second kappa shape index (κ2) is 6.58. The van der Waals surface area contributed by atoms with Gasteiger partial charge in [-0.05, 0) is 48.0 Å². The van der Waals surface area contributed by atoms with Crippen molar-refractivity contribution in [3.63, 3.8) is 0 Å². The van der Waals surface area contributed by atoms with E-state index in [0.29, 0.717) is 5.46 Å². The van der Waals surface area contributed by atoms with E-state index in [1.807, 2.05) is 18.2 Å². The zero-order chi connectivity index (χ0) is 17.4. The first-order valence-electron chi connectivity index (χ1n) is 8.75. The van der Waals surface area contributed by atoms with Crippen LogP contribution in [0.4, 0.5) is 0 Å². The number of benzene rings is 2. The number of methoxy groups -OCH3 is 1. The Morgan fingerprint density at radius 3 is 2.48 bits per heavy atom. The van der Waals surface area contributed by atoms with E-state index in [-0.39, 0.29) is 0 Å². The molecule has 1 saturated carbocycles. The van der Waals surface area contributed by atoms with Crippen LogP contribution in [0.3, 0.4) is 0 Å². The molecule has 0 spiro atoms. The van der Waals surface area contributed by atoms with Crippen LogP contribution in [0.15, 0.2) is 48.5 Å². The Kier molecular flexibility index (Phi) is 4.28. The van der Waals surface area contributed by atoms with Gasteiger partial charge in [-0.2, -0.15) is 0 Å². The molecule has 0 unspecified atom stereocenters. The Balaban J connectivity index is 1.69. The summed E-state index contributed by atoms with van der Waals surface area (Å²) in [5.74, 6) is 1.67. The van der Waals surface area contributed by atoms with Crippen LogP contribution in [0.25, 0.3) is 10.9 Å². The molecule has 0 bridgehead atoms. The molecule has 0 saturated heterocycles. The van der Waals surface area contributed by atoms with Crippen LogP contribution >= 0.6 is 0 Å². The monoisotopic (exact) mass is 335 g/mol. The van der Waals surface area contributed by atoms with Crippen LogP contribution < -0.4 is 10.2 Å². The molecule has 2 aromatic carbocycles. The SMILES string of the molecule is COc1ccc2cc(Cc3ccc(B(O)O)cc3)n(CC3CC3)c2c1. The number of fused-ring (bicyclic) bond motifs is 1. The lowest BCUT2D eigenvalue weighted by molar-refractivity contribution is 0.415. The lowest BCUT2D eigenvalue weighted by Crippen LogP contribution is -2.29. The third-order valence-corrected chi connectivity index (χ3v) is 5.00. The molecule has 1 aliphatic rings. The summed E-state index contributed by atoms with van der Waals surface area (Å²) >= 11 is 0. The Morgan fingerprint density at radius 1 is 1.08 bits per heavy atom. The van der Waals surface area contributed by atoms with E-state index in [0.717, 1.165) is 30.2 Å². The fourth-order valence-corrected chi connectivity index (χ4v) is 3.36. The first kappa shape index (κ1) is 16.2. The Labute approximate surface area is 147 Å². The fraction of sp³-hybridized carbons (Fsp3) is 0.300. The van der Waals surface area contributed by atoms with Gasteiger partial charge in [0.05, 0.1) is 12.6 Å². The zero-order valence-electron chi connectivity index (χ0n) is 14.4. The number of hydrogen-bond donors (Lipinski definition) is 2. The summed E-state index contributed by atoms with van der Waals surface area (Å²) in [4.78, 5) is 0. The molecule has 1 aromatic heterocycles. The summed E-state index contributed by atoms with van der Waals surface area (Å²) in [6, 6.07) is 16.0. The maximum atomic E-state index is 9.24. The number of nitrogens with zero attached hydrogens (tertiary/aromatic N) is 1. The van der Waals surface area contributed by atoms with Crippen molar-refractivity contribution in [3.8, 4) is 5.75 Å². The Hall–Kier alpha value is -2.24. The van der Waals surface area contributed by atoms with Gasteiger partial charge >= 0.3 is 7.12 Å². The second-order valence-electron chi connectivity index (χ2n) is 6.91. The van der Waals surface area contributed by atoms with Crippen molar-refractivity contribution in [3.05, 3.63) is 59.8 Å². The van der Waals surface area contributed by atoms with Gasteiger partial charge in [0, 0.05) is 30.1 Å². The number of hydrogen-bond acceptors (Lipinski definition) is 3. The topological polar surface area (TPSA) is 54.6 Å². The quantitative estimate of drug-likeness (QED) is 0.680. The van der Waals surface area contributed by atoms with Crippen molar-refractivity contribution < 1.29 is 14.8 Å². The van der Waals surface area contributed by atoms with Gasteiger partial charge in [-0.3, -0.25) is 0 Å². The highest BCUT2D eigenvalue weighted by Crippen LogP contribution is 2.34. The molecule has 0 radical (unpaired) electrons. The average molecular weight is 335 g/mol. The minimum absolute atomic E-state index is 0.520. The molecule has 0 amide bonds. The lowest BCUT2D eigenvalue weighted by atomic mass is 9.80. The molecule has 5 heteroatoms. The van der Waals surface area contributed by atoms with Gasteiger partial charge in [-0.1, -0.05) is 24.3 Å². The summed E-state index contributed by atoms with van der Waals surface area (Å²) in [5.41, 5.74) is 4.19. The van der Waals surface area contributed by atoms with Crippen molar-refractivity contribution in [1.29, 1.82) is 0 Å². The summed E-state index contributed by atoms with van der Waals surface area (Å²) in [6.07, 6.45) is 3.45. The maximum Gasteiger partial charge on any atom is 0.488 e. The van der Waals surface area contributed by atoms with Gasteiger partial charge < -0.3 is 19.4 Å². The van der Waals surface area contributed by atoms with Crippen molar-refractivity contribution in [2.75, 3.05) is 7.11 Å². The van der Waals surface area contributed by atoms with Crippen molar-refractivity contribution in [2.24, 2.45) is 5.92 Å². The summed E-state index contributed by atoms with van der Waals surface area (Å²) in [7, 11) is 0.288. The lowest BCUT2D eigenvalue weighted by Gasteiger charge is -2.11. The number of aromatic nitrogens is 1. The second-order valence-corrected chi connectivity index (χ2v) is 6.91. The molecule has 3 aromatic rings. The summed E-state index contributed by atoms with van der Waals surface area (Å²) in [5, 5.41) is 19.7. The number of ether oxygens (including phenoxy) is 1. The van der Waals surface area contributed by atoms with Crippen LogP contribution in [-0.4, -0.2) is 28.8 Å². The van der Waals surface area contributed by atoms with Crippen molar-refractivity contribution in [1.82, 2.24) is 4.57 Å². The highest BCUT2D eigenvalue weighted by Gasteiger charge is 2.24. The van der Waals surface area contributed by atoms with Gasteiger partial charge in [-0.25, -0.2) is 0 Å². The van der Waals surface area contributed by atoms with Crippen molar-refractivity contribution >= 4 is 23.5 Å². The highest BCUT2D eigenvalue weighted by atomic mass is 16.5. The predicted molar refractivity (Wildman–Crippen MR) is 100 cm³/mol. The van der Waals surface area contributed by atoms with Gasteiger partial charge in [0.2, 0.25) is 0 Å². The molecule has 1 fully saturated rings. The van der Waals surface area contributed by atoms with Gasteiger partial charge in [-0.15, -0.1) is 0 Å². The van der Waals surface area contributed by atoms with E-state index in [2.05, 4.69) is 22.8 Å². The molecule has 0 atom stereocenters. The minimum atomic E-state index is -1.41. The summed E-state index contributed by atoms with van der Waals surface area (Å²) in [6.45, 7) is 1.05. The molecule has 4 rings (SSSR count). The molecule has 1 aliphatic carbocycles. The normalized spacial score (nSPS) is 14.0. The van der Waals surface area contributed by atoms with Crippen LogP contribution in [-0.2, 0) is 13.0 Å². The van der Waals surface area contributed by atoms with Gasteiger partial charge in [0.25, 0.3) is 0 Å². The largest absolute Gasteiger partial charge is 0.497 e. The molecular formula is C20H22BNO3. The first-order valence-corrected chi connectivity index (χ1v) is 8.75. The third-order valence-electron chi connectivity index (χ3n) is 5.00. The van der Waals surface area contributed by atoms with E-state index in [1.54, 1.807) is 19.2 Å². The Bertz CT molecular complexity index is 882. The molecular weight excluding hydrogens is 313 g/mol. The predicted octanol–water partition coefficient (Wildman–Crippen LogP) is 2.33. The molecule has 2 N–H and O–H groups in total. The fourth-order valence-electron chi connectivity index (χ4n) is 3.36. The minimum Gasteiger partial charge on any atom is -0.497 e. The third kappa shape index (κ3) is 3.43. The van der Waals surface area contributed by atoms with E-state index in [9.17, 15) is 10.0 Å². The average Bonchev–Trinajstić information content (AvgIpc) is 3.38. The summed E-state index contributed by atoms with van der Waals surface area (Å²) < 4.78 is 7.82. The maximum absolute atomic E-state index is 9.24. The Morgan fingerprint density at radius 2 is 1.84 bits per heavy atom. The van der Waals surface area contributed by atoms with Crippen molar-refractivity contribution in [2.45, 2.75) is 25.8 Å². The molecule has 1 heterocycles. The van der Waals surface area contributed by atoms with Crippen LogP contribution in [0.5, 0.6) is 5.75 Å². The molecule has 4 nitrogen and oxygen atoms in total. The van der Waals surface area contributed by atoms with Crippen LogP contribution in [0.2, 0.25) is 0 Å². The van der Waals surface area contributed by atoms with Crippen LogP contribution in [0.1, 0.15) is 24.1 Å². The molecule has 0 aliphatic heterocycles. The number of rotatable bonds is 6. The van der Waals surface area contributed by atoms with E-state index < -0.39 is 7.12 Å². The standard InChI is InChI=1S/C20H22BNO3/c1-25-19-9-6-16-11-18(22(20(16)12-19)13-15-2-3-15)10-14-4-7-17(8-5-14)21(23)24/h4-9,11-12,15,23-24H,2-3,10,13H2,1H3.